The lowest BCUT2D eigenvalue weighted by atomic mass is 10.1. The second-order valence-electron chi connectivity index (χ2n) is 3.91. The number of nitrogens with two attached hydrogens (primary N) is 1. The van der Waals surface area contributed by atoms with Crippen molar-refractivity contribution in [3.05, 3.63) is 59.7 Å². The molecule has 1 amide bonds. The minimum atomic E-state index is -0.288. The first-order valence-electron chi connectivity index (χ1n) is 5.57. The summed E-state index contributed by atoms with van der Waals surface area (Å²) in [6, 6.07) is 13.0. The summed E-state index contributed by atoms with van der Waals surface area (Å²) in [6.45, 7) is 0. The molecule has 5 heteroatoms. The van der Waals surface area contributed by atoms with Gasteiger partial charge in [-0.3, -0.25) is 4.79 Å². The van der Waals surface area contributed by atoms with E-state index in [4.69, 9.17) is 18.0 Å². The molecule has 19 heavy (non-hydrogen) atoms. The van der Waals surface area contributed by atoms with Crippen molar-refractivity contribution in [2.75, 3.05) is 5.32 Å². The van der Waals surface area contributed by atoms with Gasteiger partial charge in [-0.15, -0.1) is 0 Å². The van der Waals surface area contributed by atoms with Crippen LogP contribution in [-0.4, -0.2) is 16.0 Å². The third kappa shape index (κ3) is 3.08. The predicted molar refractivity (Wildman–Crippen MR) is 78.4 cm³/mol. The number of hydrogen-bond acceptors (Lipinski definition) is 3. The van der Waals surface area contributed by atoms with E-state index in [0.717, 1.165) is 0 Å². The van der Waals surface area contributed by atoms with Gasteiger partial charge in [-0.05, 0) is 36.4 Å². The second-order valence-corrected chi connectivity index (χ2v) is 4.35. The molecule has 0 heterocycles. The lowest BCUT2D eigenvalue weighted by Gasteiger charge is -2.09. The van der Waals surface area contributed by atoms with Crippen LogP contribution in [0.2, 0.25) is 0 Å². The molecule has 0 unspecified atom stereocenters. The van der Waals surface area contributed by atoms with Gasteiger partial charge in [0.25, 0.3) is 5.91 Å². The van der Waals surface area contributed by atoms with Crippen LogP contribution in [0.5, 0.6) is 5.75 Å². The predicted octanol–water partition coefficient (Wildman–Crippen LogP) is 2.28. The first-order valence-corrected chi connectivity index (χ1v) is 5.98. The molecular formula is C14H12N2O2S. The molecule has 96 valence electrons. The van der Waals surface area contributed by atoms with Gasteiger partial charge in [0, 0.05) is 11.1 Å². The minimum Gasteiger partial charge on any atom is -0.508 e. The number of nitrogens with one attached hydrogen (secondary N) is 1. The van der Waals surface area contributed by atoms with Crippen LogP contribution in [0, 0.1) is 0 Å². The smallest absolute Gasteiger partial charge is 0.255 e. The number of rotatable bonds is 3. The maximum absolute atomic E-state index is 12.0. The van der Waals surface area contributed by atoms with Gasteiger partial charge in [-0.2, -0.15) is 0 Å². The number of aromatic hydroxyl groups is 1. The van der Waals surface area contributed by atoms with Crippen molar-refractivity contribution in [3.63, 3.8) is 0 Å². The zero-order valence-electron chi connectivity index (χ0n) is 9.96. The van der Waals surface area contributed by atoms with E-state index in [1.807, 2.05) is 0 Å². The maximum Gasteiger partial charge on any atom is 0.255 e. The standard InChI is InChI=1S/C14H12N2O2S/c15-13(19)11-3-1-2-4-12(11)16-14(18)9-5-7-10(17)8-6-9/h1-8,17H,(H2,15,19)(H,16,18). The lowest BCUT2D eigenvalue weighted by Crippen LogP contribution is -2.17. The van der Waals surface area contributed by atoms with Crippen molar-refractivity contribution in [1.29, 1.82) is 0 Å². The molecule has 0 aromatic heterocycles. The summed E-state index contributed by atoms with van der Waals surface area (Å²) in [7, 11) is 0. The summed E-state index contributed by atoms with van der Waals surface area (Å²) in [5.74, 6) is -0.177. The Kier molecular flexibility index (Phi) is 3.77. The molecule has 0 saturated carbocycles. The fourth-order valence-corrected chi connectivity index (χ4v) is 1.79. The molecule has 0 aliphatic carbocycles. The average Bonchev–Trinajstić information content (AvgIpc) is 2.39. The monoisotopic (exact) mass is 272 g/mol. The van der Waals surface area contributed by atoms with Gasteiger partial charge in [-0.1, -0.05) is 24.4 Å². The Labute approximate surface area is 115 Å². The fraction of sp³-hybridized carbons (Fsp3) is 0. The number of amides is 1. The number of para-hydroxylation sites is 1. The number of carbonyl (C=O) groups is 1. The normalized spacial score (nSPS) is 9.89. The summed E-state index contributed by atoms with van der Waals surface area (Å²) in [5.41, 5.74) is 7.21. The van der Waals surface area contributed by atoms with Crippen molar-refractivity contribution < 1.29 is 9.90 Å². The molecule has 4 nitrogen and oxygen atoms in total. The summed E-state index contributed by atoms with van der Waals surface area (Å²) in [4.78, 5) is 12.2. The zero-order valence-corrected chi connectivity index (χ0v) is 10.8. The Bertz CT molecular complexity index is 624. The van der Waals surface area contributed by atoms with Crippen LogP contribution in [0.15, 0.2) is 48.5 Å². The summed E-state index contributed by atoms with van der Waals surface area (Å²) < 4.78 is 0. The lowest BCUT2D eigenvalue weighted by molar-refractivity contribution is 0.102. The van der Waals surface area contributed by atoms with Gasteiger partial charge in [0.15, 0.2) is 0 Å². The van der Waals surface area contributed by atoms with Crippen LogP contribution < -0.4 is 11.1 Å². The fourth-order valence-electron chi connectivity index (χ4n) is 1.61. The van der Waals surface area contributed by atoms with Gasteiger partial charge in [0.1, 0.15) is 10.7 Å². The molecule has 2 rings (SSSR count). The van der Waals surface area contributed by atoms with Crippen LogP contribution in [0.4, 0.5) is 5.69 Å². The molecule has 0 fully saturated rings. The van der Waals surface area contributed by atoms with Crippen LogP contribution in [-0.2, 0) is 0 Å². The highest BCUT2D eigenvalue weighted by atomic mass is 32.1. The Morgan fingerprint density at radius 1 is 1.11 bits per heavy atom. The van der Waals surface area contributed by atoms with Crippen molar-refractivity contribution in [1.82, 2.24) is 0 Å². The Morgan fingerprint density at radius 3 is 2.37 bits per heavy atom. The molecule has 2 aromatic carbocycles. The van der Waals surface area contributed by atoms with Crippen LogP contribution in [0.1, 0.15) is 15.9 Å². The van der Waals surface area contributed by atoms with Crippen molar-refractivity contribution in [3.8, 4) is 5.75 Å². The second kappa shape index (κ2) is 5.49. The topological polar surface area (TPSA) is 75.3 Å². The van der Waals surface area contributed by atoms with E-state index in [2.05, 4.69) is 5.32 Å². The number of benzene rings is 2. The largest absolute Gasteiger partial charge is 0.508 e. The molecule has 0 spiro atoms. The highest BCUT2D eigenvalue weighted by molar-refractivity contribution is 7.80. The van der Waals surface area contributed by atoms with E-state index < -0.39 is 0 Å². The summed E-state index contributed by atoms with van der Waals surface area (Å²) >= 11 is 4.93. The Balaban J connectivity index is 2.24. The Morgan fingerprint density at radius 2 is 1.74 bits per heavy atom. The van der Waals surface area contributed by atoms with Crippen LogP contribution in [0.3, 0.4) is 0 Å². The Hall–Kier alpha value is -2.40. The van der Waals surface area contributed by atoms with Gasteiger partial charge >= 0.3 is 0 Å². The SMILES string of the molecule is NC(=S)c1ccccc1NC(=O)c1ccc(O)cc1. The number of phenolic OH excluding ortho intramolecular Hbond substituents is 1. The highest BCUT2D eigenvalue weighted by Gasteiger charge is 2.09. The van der Waals surface area contributed by atoms with E-state index in [1.165, 1.54) is 24.3 Å². The molecule has 0 radical (unpaired) electrons. The number of anilines is 1. The van der Waals surface area contributed by atoms with Gasteiger partial charge in [-0.25, -0.2) is 0 Å². The highest BCUT2D eigenvalue weighted by Crippen LogP contribution is 2.17. The average molecular weight is 272 g/mol. The quantitative estimate of drug-likeness (QED) is 0.749. The zero-order chi connectivity index (χ0) is 13.8. The molecule has 0 atom stereocenters. The molecule has 0 bridgehead atoms. The van der Waals surface area contributed by atoms with E-state index in [0.29, 0.717) is 16.8 Å². The van der Waals surface area contributed by atoms with Gasteiger partial charge < -0.3 is 16.2 Å². The minimum absolute atomic E-state index is 0.111. The molecule has 4 N–H and O–H groups in total. The first kappa shape index (κ1) is 13.0. The molecular weight excluding hydrogens is 260 g/mol. The molecule has 2 aromatic rings. The van der Waals surface area contributed by atoms with Crippen LogP contribution >= 0.6 is 12.2 Å². The van der Waals surface area contributed by atoms with E-state index in [9.17, 15) is 9.90 Å². The maximum atomic E-state index is 12.0. The van der Waals surface area contributed by atoms with E-state index in [-0.39, 0.29) is 16.6 Å². The van der Waals surface area contributed by atoms with Gasteiger partial charge in [0.2, 0.25) is 0 Å². The molecule has 0 saturated heterocycles. The van der Waals surface area contributed by atoms with Crippen molar-refractivity contribution >= 4 is 28.8 Å². The van der Waals surface area contributed by atoms with Crippen molar-refractivity contribution in [2.24, 2.45) is 5.73 Å². The first-order chi connectivity index (χ1) is 9.08. The number of carbonyl (C=O) groups excluding carboxylic acids is 1. The number of hydrogen-bond donors (Lipinski definition) is 3. The van der Waals surface area contributed by atoms with E-state index >= 15 is 0 Å². The molecule has 0 aliphatic heterocycles. The van der Waals surface area contributed by atoms with E-state index in [1.54, 1.807) is 24.3 Å². The summed E-state index contributed by atoms with van der Waals surface area (Å²) in [6.07, 6.45) is 0. The molecule has 0 aliphatic rings. The summed E-state index contributed by atoms with van der Waals surface area (Å²) in [5, 5.41) is 11.9. The van der Waals surface area contributed by atoms with Gasteiger partial charge in [0.05, 0.1) is 5.69 Å². The third-order valence-electron chi connectivity index (χ3n) is 2.57. The van der Waals surface area contributed by atoms with Crippen molar-refractivity contribution in [2.45, 2.75) is 0 Å². The van der Waals surface area contributed by atoms with Crippen LogP contribution in [0.25, 0.3) is 0 Å². The third-order valence-corrected chi connectivity index (χ3v) is 2.79. The number of phenols is 1. The number of thiocarbonyl (C=S) groups is 1.